The number of ether oxygens (including phenoxy) is 2. The van der Waals surface area contributed by atoms with Gasteiger partial charge in [-0.15, -0.1) is 0 Å². The molecule has 1 N–H and O–H groups in total. The molecule has 0 radical (unpaired) electrons. The lowest BCUT2D eigenvalue weighted by molar-refractivity contribution is 0.0769. The fraction of sp³-hybridized carbons (Fsp3) is 0.571. The Kier molecular flexibility index (Phi) is 7.37. The van der Waals surface area contributed by atoms with Gasteiger partial charge in [-0.25, -0.2) is 4.39 Å². The van der Waals surface area contributed by atoms with Crippen LogP contribution in [0.25, 0.3) is 0 Å². The van der Waals surface area contributed by atoms with E-state index < -0.39 is 0 Å². The van der Waals surface area contributed by atoms with Crippen molar-refractivity contribution in [2.45, 2.75) is 26.4 Å². The highest BCUT2D eigenvalue weighted by Gasteiger charge is 2.00. The zero-order valence-electron chi connectivity index (χ0n) is 11.1. The van der Waals surface area contributed by atoms with Gasteiger partial charge in [0.05, 0.1) is 6.10 Å². The number of rotatable bonds is 9. The average Bonchev–Trinajstić information content (AvgIpc) is 2.34. The first kappa shape index (κ1) is 14.9. The standard InChI is InChI=1S/C14H22FNO2/c1-12(2)17-10-5-8-16-9-11-18-14-7-4-3-6-13(14)15/h3-4,6-7,12,16H,5,8-11H2,1-2H3. The minimum atomic E-state index is -0.317. The Hall–Kier alpha value is -1.13. The Morgan fingerprint density at radius 2 is 1.94 bits per heavy atom. The van der Waals surface area contributed by atoms with Gasteiger partial charge >= 0.3 is 0 Å². The lowest BCUT2D eigenvalue weighted by Gasteiger charge is -2.09. The molecule has 4 heteroatoms. The molecular formula is C14H22FNO2. The summed E-state index contributed by atoms with van der Waals surface area (Å²) in [5.74, 6) is -0.00901. The van der Waals surface area contributed by atoms with Crippen LogP contribution in [0.15, 0.2) is 24.3 Å². The molecule has 0 atom stereocenters. The lowest BCUT2D eigenvalue weighted by Crippen LogP contribution is -2.23. The fourth-order valence-corrected chi connectivity index (χ4v) is 1.44. The van der Waals surface area contributed by atoms with Gasteiger partial charge in [0.15, 0.2) is 11.6 Å². The van der Waals surface area contributed by atoms with Crippen molar-refractivity contribution in [1.29, 1.82) is 0 Å². The molecule has 102 valence electrons. The molecule has 0 unspecified atom stereocenters. The second-order valence-electron chi connectivity index (χ2n) is 4.30. The normalized spacial score (nSPS) is 10.9. The molecular weight excluding hydrogens is 233 g/mol. The summed E-state index contributed by atoms with van der Waals surface area (Å²) in [6, 6.07) is 6.43. The Morgan fingerprint density at radius 3 is 2.67 bits per heavy atom. The van der Waals surface area contributed by atoms with Crippen LogP contribution in [0.1, 0.15) is 20.3 Å². The molecule has 18 heavy (non-hydrogen) atoms. The van der Waals surface area contributed by atoms with E-state index in [4.69, 9.17) is 9.47 Å². The number of hydrogen-bond donors (Lipinski definition) is 1. The Balaban J connectivity index is 1.98. The van der Waals surface area contributed by atoms with Crippen LogP contribution in [0.3, 0.4) is 0 Å². The van der Waals surface area contributed by atoms with E-state index in [0.717, 1.165) is 19.6 Å². The first-order valence-corrected chi connectivity index (χ1v) is 6.40. The van der Waals surface area contributed by atoms with Crippen LogP contribution in [0.4, 0.5) is 4.39 Å². The molecule has 0 amide bonds. The molecule has 0 aliphatic heterocycles. The summed E-state index contributed by atoms with van der Waals surface area (Å²) in [7, 11) is 0. The maximum atomic E-state index is 13.2. The van der Waals surface area contributed by atoms with Gasteiger partial charge in [0, 0.05) is 13.2 Å². The highest BCUT2D eigenvalue weighted by atomic mass is 19.1. The SMILES string of the molecule is CC(C)OCCCNCCOc1ccccc1F. The fourth-order valence-electron chi connectivity index (χ4n) is 1.44. The smallest absolute Gasteiger partial charge is 0.165 e. The minimum Gasteiger partial charge on any atom is -0.489 e. The van der Waals surface area contributed by atoms with Gasteiger partial charge in [-0.1, -0.05) is 12.1 Å². The van der Waals surface area contributed by atoms with Crippen LogP contribution in [0.5, 0.6) is 5.75 Å². The number of benzene rings is 1. The monoisotopic (exact) mass is 255 g/mol. The largest absolute Gasteiger partial charge is 0.489 e. The zero-order valence-corrected chi connectivity index (χ0v) is 11.1. The first-order chi connectivity index (χ1) is 8.70. The molecule has 0 fully saturated rings. The first-order valence-electron chi connectivity index (χ1n) is 6.40. The van der Waals surface area contributed by atoms with Gasteiger partial charge in [-0.05, 0) is 38.9 Å². The highest BCUT2D eigenvalue weighted by Crippen LogP contribution is 2.14. The maximum Gasteiger partial charge on any atom is 0.165 e. The Morgan fingerprint density at radius 1 is 1.17 bits per heavy atom. The third kappa shape index (κ3) is 6.57. The van der Waals surface area contributed by atoms with Crippen LogP contribution in [-0.2, 0) is 4.74 Å². The maximum absolute atomic E-state index is 13.2. The number of nitrogens with one attached hydrogen (secondary N) is 1. The van der Waals surface area contributed by atoms with E-state index in [1.807, 2.05) is 13.8 Å². The van der Waals surface area contributed by atoms with Crippen molar-refractivity contribution in [3.8, 4) is 5.75 Å². The molecule has 0 aromatic heterocycles. The van der Waals surface area contributed by atoms with Crippen molar-refractivity contribution >= 4 is 0 Å². The molecule has 0 saturated carbocycles. The summed E-state index contributed by atoms with van der Waals surface area (Å²) in [5, 5.41) is 3.22. The van der Waals surface area contributed by atoms with E-state index in [2.05, 4.69) is 5.32 Å². The van der Waals surface area contributed by atoms with E-state index in [1.165, 1.54) is 6.07 Å². The quantitative estimate of drug-likeness (QED) is 0.688. The van der Waals surface area contributed by atoms with E-state index in [9.17, 15) is 4.39 Å². The predicted octanol–water partition coefficient (Wildman–Crippen LogP) is 2.61. The van der Waals surface area contributed by atoms with Gasteiger partial charge in [0.25, 0.3) is 0 Å². The third-order valence-corrected chi connectivity index (χ3v) is 2.32. The van der Waals surface area contributed by atoms with Crippen LogP contribution in [0, 0.1) is 5.82 Å². The number of para-hydroxylation sites is 1. The van der Waals surface area contributed by atoms with Crippen molar-refractivity contribution < 1.29 is 13.9 Å². The molecule has 3 nitrogen and oxygen atoms in total. The van der Waals surface area contributed by atoms with Crippen molar-refractivity contribution in [3.63, 3.8) is 0 Å². The molecule has 0 bridgehead atoms. The third-order valence-electron chi connectivity index (χ3n) is 2.32. The van der Waals surface area contributed by atoms with E-state index in [0.29, 0.717) is 18.9 Å². The topological polar surface area (TPSA) is 30.5 Å². The highest BCUT2D eigenvalue weighted by molar-refractivity contribution is 5.23. The molecule has 0 aliphatic carbocycles. The van der Waals surface area contributed by atoms with Crippen molar-refractivity contribution in [2.24, 2.45) is 0 Å². The van der Waals surface area contributed by atoms with Gasteiger partial charge in [-0.2, -0.15) is 0 Å². The van der Waals surface area contributed by atoms with E-state index in [-0.39, 0.29) is 11.9 Å². The molecule has 1 rings (SSSR count). The van der Waals surface area contributed by atoms with Gasteiger partial charge < -0.3 is 14.8 Å². The van der Waals surface area contributed by atoms with E-state index >= 15 is 0 Å². The van der Waals surface area contributed by atoms with Crippen molar-refractivity contribution in [1.82, 2.24) is 5.32 Å². The second-order valence-corrected chi connectivity index (χ2v) is 4.30. The molecule has 1 aromatic carbocycles. The van der Waals surface area contributed by atoms with Crippen LogP contribution in [-0.4, -0.2) is 32.4 Å². The Bertz CT molecular complexity index is 331. The summed E-state index contributed by atoms with van der Waals surface area (Å²) in [4.78, 5) is 0. The Labute approximate surface area is 108 Å². The number of hydrogen-bond acceptors (Lipinski definition) is 3. The summed E-state index contributed by atoms with van der Waals surface area (Å²) in [5.41, 5.74) is 0. The number of halogens is 1. The summed E-state index contributed by atoms with van der Waals surface area (Å²) >= 11 is 0. The van der Waals surface area contributed by atoms with Crippen LogP contribution < -0.4 is 10.1 Å². The summed E-state index contributed by atoms with van der Waals surface area (Å²) < 4.78 is 23.9. The van der Waals surface area contributed by atoms with Gasteiger partial charge in [0.2, 0.25) is 0 Å². The zero-order chi connectivity index (χ0) is 13.2. The molecule has 0 heterocycles. The van der Waals surface area contributed by atoms with Gasteiger partial charge in [-0.3, -0.25) is 0 Å². The van der Waals surface area contributed by atoms with Crippen LogP contribution in [0.2, 0.25) is 0 Å². The molecule has 0 aliphatic rings. The average molecular weight is 255 g/mol. The molecule has 0 saturated heterocycles. The molecule has 0 spiro atoms. The van der Waals surface area contributed by atoms with Crippen LogP contribution >= 0.6 is 0 Å². The second kappa shape index (κ2) is 8.89. The predicted molar refractivity (Wildman–Crippen MR) is 70.5 cm³/mol. The lowest BCUT2D eigenvalue weighted by atomic mass is 10.3. The van der Waals surface area contributed by atoms with E-state index in [1.54, 1.807) is 18.2 Å². The van der Waals surface area contributed by atoms with Crippen molar-refractivity contribution in [2.75, 3.05) is 26.3 Å². The summed E-state index contributed by atoms with van der Waals surface area (Å²) in [6.45, 7) is 6.86. The molecule has 1 aromatic rings. The minimum absolute atomic E-state index is 0.286. The van der Waals surface area contributed by atoms with Crippen molar-refractivity contribution in [3.05, 3.63) is 30.1 Å². The van der Waals surface area contributed by atoms with Gasteiger partial charge in [0.1, 0.15) is 6.61 Å². The summed E-state index contributed by atoms with van der Waals surface area (Å²) in [6.07, 6.45) is 1.26.